The van der Waals surface area contributed by atoms with E-state index in [9.17, 15) is 0 Å². The summed E-state index contributed by atoms with van der Waals surface area (Å²) in [6.45, 7) is 2.67. The van der Waals surface area contributed by atoms with Gasteiger partial charge in [0.25, 0.3) is 0 Å². The molecular weight excluding hydrogens is 250 g/mol. The summed E-state index contributed by atoms with van der Waals surface area (Å²) in [5.41, 5.74) is 8.48. The topological polar surface area (TPSA) is 44.5 Å². The van der Waals surface area contributed by atoms with Gasteiger partial charge in [0.05, 0.1) is 13.7 Å². The van der Waals surface area contributed by atoms with Crippen LogP contribution in [-0.4, -0.2) is 13.7 Å². The Kier molecular flexibility index (Phi) is 5.02. The zero-order valence-corrected chi connectivity index (χ0v) is 12.0. The number of ether oxygens (including phenoxy) is 2. The average molecular weight is 271 g/mol. The van der Waals surface area contributed by atoms with Crippen molar-refractivity contribution in [1.82, 2.24) is 0 Å². The molecule has 0 bridgehead atoms. The Bertz CT molecular complexity index is 520. The Morgan fingerprint density at radius 3 is 2.15 bits per heavy atom. The van der Waals surface area contributed by atoms with E-state index in [-0.39, 0.29) is 6.04 Å². The van der Waals surface area contributed by atoms with Crippen LogP contribution in [0.4, 0.5) is 0 Å². The highest BCUT2D eigenvalue weighted by atomic mass is 16.5. The largest absolute Gasteiger partial charge is 0.497 e. The second-order valence-electron chi connectivity index (χ2n) is 4.83. The highest BCUT2D eigenvalue weighted by molar-refractivity contribution is 5.29. The molecule has 2 rings (SSSR count). The van der Waals surface area contributed by atoms with Crippen molar-refractivity contribution < 1.29 is 9.47 Å². The van der Waals surface area contributed by atoms with Crippen molar-refractivity contribution in [2.24, 2.45) is 5.73 Å². The van der Waals surface area contributed by atoms with Crippen LogP contribution in [0, 0.1) is 6.92 Å². The number of aryl methyl sites for hydroxylation is 1. The van der Waals surface area contributed by atoms with E-state index >= 15 is 0 Å². The first-order chi connectivity index (χ1) is 9.69. The molecule has 0 fully saturated rings. The maximum Gasteiger partial charge on any atom is 0.119 e. The van der Waals surface area contributed by atoms with E-state index in [0.717, 1.165) is 23.5 Å². The van der Waals surface area contributed by atoms with Crippen molar-refractivity contribution in [2.75, 3.05) is 13.7 Å². The van der Waals surface area contributed by atoms with Gasteiger partial charge in [0.1, 0.15) is 11.5 Å². The molecule has 106 valence electrons. The summed E-state index contributed by atoms with van der Waals surface area (Å²) in [7, 11) is 1.66. The molecule has 0 saturated carbocycles. The van der Waals surface area contributed by atoms with Crippen LogP contribution >= 0.6 is 0 Å². The molecule has 2 aromatic rings. The highest BCUT2D eigenvalue weighted by Gasteiger charge is 2.06. The predicted molar refractivity (Wildman–Crippen MR) is 81.2 cm³/mol. The second kappa shape index (κ2) is 6.96. The average Bonchev–Trinajstić information content (AvgIpc) is 2.49. The van der Waals surface area contributed by atoms with E-state index in [0.29, 0.717) is 6.61 Å². The van der Waals surface area contributed by atoms with Crippen LogP contribution < -0.4 is 15.2 Å². The first-order valence-electron chi connectivity index (χ1n) is 6.78. The lowest BCUT2D eigenvalue weighted by Crippen LogP contribution is -2.14. The third kappa shape index (κ3) is 4.00. The van der Waals surface area contributed by atoms with Crippen molar-refractivity contribution >= 4 is 0 Å². The van der Waals surface area contributed by atoms with E-state index in [1.54, 1.807) is 7.11 Å². The van der Waals surface area contributed by atoms with E-state index in [1.807, 2.05) is 48.5 Å². The summed E-state index contributed by atoms with van der Waals surface area (Å²) < 4.78 is 10.8. The standard InChI is InChI=1S/C17H21NO2/c1-13-3-7-16(8-4-13)20-12-11-17(18)14-5-9-15(19-2)10-6-14/h3-10,17H,11-12,18H2,1-2H3. The van der Waals surface area contributed by atoms with Crippen LogP contribution in [0.15, 0.2) is 48.5 Å². The van der Waals surface area contributed by atoms with Gasteiger partial charge in [0.2, 0.25) is 0 Å². The molecule has 0 aliphatic heterocycles. The minimum Gasteiger partial charge on any atom is -0.497 e. The van der Waals surface area contributed by atoms with Gasteiger partial charge in [-0.2, -0.15) is 0 Å². The maximum atomic E-state index is 6.15. The summed E-state index contributed by atoms with van der Waals surface area (Å²) in [6.07, 6.45) is 0.778. The van der Waals surface area contributed by atoms with Gasteiger partial charge < -0.3 is 15.2 Å². The van der Waals surface area contributed by atoms with Crippen molar-refractivity contribution in [3.8, 4) is 11.5 Å². The van der Waals surface area contributed by atoms with Crippen molar-refractivity contribution in [1.29, 1.82) is 0 Å². The number of nitrogens with two attached hydrogens (primary N) is 1. The van der Waals surface area contributed by atoms with E-state index in [1.165, 1.54) is 5.56 Å². The molecule has 0 aliphatic carbocycles. The van der Waals surface area contributed by atoms with Crippen molar-refractivity contribution in [3.05, 3.63) is 59.7 Å². The van der Waals surface area contributed by atoms with Crippen molar-refractivity contribution in [2.45, 2.75) is 19.4 Å². The quantitative estimate of drug-likeness (QED) is 0.875. The second-order valence-corrected chi connectivity index (χ2v) is 4.83. The summed E-state index contributed by atoms with van der Waals surface area (Å²) in [6, 6.07) is 15.9. The zero-order valence-electron chi connectivity index (χ0n) is 12.0. The Labute approximate surface area is 120 Å². The Balaban J connectivity index is 1.82. The molecule has 0 aromatic heterocycles. The summed E-state index contributed by atoms with van der Waals surface area (Å²) in [4.78, 5) is 0. The molecule has 3 nitrogen and oxygen atoms in total. The Morgan fingerprint density at radius 2 is 1.55 bits per heavy atom. The molecule has 1 unspecified atom stereocenters. The molecule has 0 aliphatic rings. The van der Waals surface area contributed by atoms with Gasteiger partial charge in [-0.15, -0.1) is 0 Å². The van der Waals surface area contributed by atoms with E-state index in [2.05, 4.69) is 6.92 Å². The van der Waals surface area contributed by atoms with Gasteiger partial charge in [-0.1, -0.05) is 29.8 Å². The first kappa shape index (κ1) is 14.4. The lowest BCUT2D eigenvalue weighted by atomic mass is 10.1. The third-order valence-electron chi connectivity index (χ3n) is 3.26. The van der Waals surface area contributed by atoms with Crippen LogP contribution in [0.1, 0.15) is 23.6 Å². The van der Waals surface area contributed by atoms with Gasteiger partial charge >= 0.3 is 0 Å². The molecule has 2 N–H and O–H groups in total. The number of benzene rings is 2. The molecule has 0 amide bonds. The summed E-state index contributed by atoms with van der Waals surface area (Å²) in [5.74, 6) is 1.73. The van der Waals surface area contributed by atoms with Crippen LogP contribution in [0.5, 0.6) is 11.5 Å². The minimum atomic E-state index is -0.0219. The van der Waals surface area contributed by atoms with Crippen LogP contribution in [0.25, 0.3) is 0 Å². The van der Waals surface area contributed by atoms with Gasteiger partial charge in [-0.05, 0) is 36.8 Å². The summed E-state index contributed by atoms with van der Waals surface area (Å²) in [5, 5.41) is 0. The van der Waals surface area contributed by atoms with E-state index in [4.69, 9.17) is 15.2 Å². The predicted octanol–water partition coefficient (Wildman–Crippen LogP) is 3.47. The molecule has 0 saturated heterocycles. The first-order valence-corrected chi connectivity index (χ1v) is 6.78. The molecule has 0 heterocycles. The maximum absolute atomic E-state index is 6.15. The third-order valence-corrected chi connectivity index (χ3v) is 3.26. The molecule has 0 spiro atoms. The summed E-state index contributed by atoms with van der Waals surface area (Å²) >= 11 is 0. The Hall–Kier alpha value is -2.00. The molecular formula is C17H21NO2. The van der Waals surface area contributed by atoms with Crippen molar-refractivity contribution in [3.63, 3.8) is 0 Å². The molecule has 1 atom stereocenters. The van der Waals surface area contributed by atoms with Gasteiger partial charge in [0, 0.05) is 12.5 Å². The van der Waals surface area contributed by atoms with Gasteiger partial charge in [-0.25, -0.2) is 0 Å². The number of rotatable bonds is 6. The number of hydrogen-bond donors (Lipinski definition) is 1. The van der Waals surface area contributed by atoms with Crippen LogP contribution in [0.2, 0.25) is 0 Å². The molecule has 2 aromatic carbocycles. The van der Waals surface area contributed by atoms with Crippen LogP contribution in [-0.2, 0) is 0 Å². The normalized spacial score (nSPS) is 11.9. The molecule has 0 radical (unpaired) electrons. The monoisotopic (exact) mass is 271 g/mol. The van der Waals surface area contributed by atoms with Gasteiger partial charge in [-0.3, -0.25) is 0 Å². The smallest absolute Gasteiger partial charge is 0.119 e. The zero-order chi connectivity index (χ0) is 14.4. The fraction of sp³-hybridized carbons (Fsp3) is 0.294. The minimum absolute atomic E-state index is 0.0219. The highest BCUT2D eigenvalue weighted by Crippen LogP contribution is 2.19. The fourth-order valence-corrected chi connectivity index (χ4v) is 1.96. The Morgan fingerprint density at radius 1 is 0.950 bits per heavy atom. The van der Waals surface area contributed by atoms with Crippen LogP contribution in [0.3, 0.4) is 0 Å². The van der Waals surface area contributed by atoms with E-state index < -0.39 is 0 Å². The number of hydrogen-bond acceptors (Lipinski definition) is 3. The number of methoxy groups -OCH3 is 1. The lowest BCUT2D eigenvalue weighted by molar-refractivity contribution is 0.298. The SMILES string of the molecule is COc1ccc(C(N)CCOc2ccc(C)cc2)cc1. The van der Waals surface area contributed by atoms with Gasteiger partial charge in [0.15, 0.2) is 0 Å². The lowest BCUT2D eigenvalue weighted by Gasteiger charge is -2.13. The molecule has 20 heavy (non-hydrogen) atoms. The fourth-order valence-electron chi connectivity index (χ4n) is 1.96. The molecule has 3 heteroatoms.